The topological polar surface area (TPSA) is 58.6 Å². The fourth-order valence-electron chi connectivity index (χ4n) is 2.45. The van der Waals surface area contributed by atoms with E-state index in [1.54, 1.807) is 44.5 Å². The maximum absolute atomic E-state index is 12.5. The monoisotopic (exact) mass is 326 g/mol. The highest BCUT2D eigenvalue weighted by atomic mass is 16.5. The second-order valence-electron chi connectivity index (χ2n) is 5.76. The van der Waals surface area contributed by atoms with E-state index in [-0.39, 0.29) is 18.4 Å². The Morgan fingerprint density at radius 2 is 1.88 bits per heavy atom. The molecule has 0 bridgehead atoms. The zero-order valence-electron chi connectivity index (χ0n) is 14.4. The van der Waals surface area contributed by atoms with Crippen LogP contribution in [-0.2, 0) is 4.79 Å². The Bertz CT molecular complexity index is 756. The highest BCUT2D eigenvalue weighted by Crippen LogP contribution is 2.17. The number of benzene rings is 2. The molecule has 2 aromatic rings. The Balaban J connectivity index is 2.01. The summed E-state index contributed by atoms with van der Waals surface area (Å²) in [5.41, 5.74) is 3.24. The zero-order chi connectivity index (χ0) is 17.7. The molecule has 0 aliphatic rings. The molecule has 0 heterocycles. The Labute approximate surface area is 142 Å². The molecule has 0 saturated heterocycles. The molecule has 5 nitrogen and oxygen atoms in total. The zero-order valence-corrected chi connectivity index (χ0v) is 14.4. The number of carbonyl (C=O) groups excluding carboxylic acids is 2. The van der Waals surface area contributed by atoms with Crippen LogP contribution in [0.3, 0.4) is 0 Å². The molecule has 0 aliphatic heterocycles. The van der Waals surface area contributed by atoms with Gasteiger partial charge < -0.3 is 15.0 Å². The van der Waals surface area contributed by atoms with E-state index in [1.807, 2.05) is 26.0 Å². The van der Waals surface area contributed by atoms with Gasteiger partial charge in [-0.2, -0.15) is 0 Å². The van der Waals surface area contributed by atoms with Crippen molar-refractivity contribution in [2.75, 3.05) is 26.0 Å². The van der Waals surface area contributed by atoms with Gasteiger partial charge in [-0.1, -0.05) is 23.8 Å². The maximum atomic E-state index is 12.5. The molecule has 24 heavy (non-hydrogen) atoms. The number of nitrogens with zero attached hydrogens (tertiary/aromatic N) is 1. The van der Waals surface area contributed by atoms with Crippen LogP contribution < -0.4 is 10.1 Å². The van der Waals surface area contributed by atoms with Crippen LogP contribution in [0.15, 0.2) is 42.5 Å². The molecule has 2 aromatic carbocycles. The van der Waals surface area contributed by atoms with Gasteiger partial charge >= 0.3 is 0 Å². The van der Waals surface area contributed by atoms with Gasteiger partial charge in [0.2, 0.25) is 5.91 Å². The van der Waals surface area contributed by atoms with Crippen LogP contribution >= 0.6 is 0 Å². The summed E-state index contributed by atoms with van der Waals surface area (Å²) in [4.78, 5) is 26.1. The molecular weight excluding hydrogens is 304 g/mol. The minimum Gasteiger partial charge on any atom is -0.497 e. The van der Waals surface area contributed by atoms with Gasteiger partial charge in [0, 0.05) is 24.4 Å². The number of hydrogen-bond acceptors (Lipinski definition) is 3. The van der Waals surface area contributed by atoms with Crippen molar-refractivity contribution in [2.24, 2.45) is 0 Å². The SMILES string of the molecule is COc1cccc(NC(=O)CN(C)C(=O)c2ccc(C)cc2C)c1. The number of ether oxygens (including phenoxy) is 1. The minimum atomic E-state index is -0.260. The fraction of sp³-hybridized carbons (Fsp3) is 0.263. The van der Waals surface area contributed by atoms with Crippen LogP contribution in [0.2, 0.25) is 0 Å². The Hall–Kier alpha value is -2.82. The summed E-state index contributed by atoms with van der Waals surface area (Å²) in [7, 11) is 3.18. The lowest BCUT2D eigenvalue weighted by atomic mass is 10.0. The average molecular weight is 326 g/mol. The number of nitrogens with one attached hydrogen (secondary N) is 1. The van der Waals surface area contributed by atoms with Crippen molar-refractivity contribution in [3.63, 3.8) is 0 Å². The highest BCUT2D eigenvalue weighted by molar-refractivity contribution is 6.00. The van der Waals surface area contributed by atoms with E-state index in [4.69, 9.17) is 4.74 Å². The normalized spacial score (nSPS) is 10.2. The van der Waals surface area contributed by atoms with E-state index in [0.717, 1.165) is 11.1 Å². The Kier molecular flexibility index (Phi) is 5.58. The number of amides is 2. The van der Waals surface area contributed by atoms with Crippen molar-refractivity contribution in [3.8, 4) is 5.75 Å². The lowest BCUT2D eigenvalue weighted by Gasteiger charge is -2.18. The second-order valence-corrected chi connectivity index (χ2v) is 5.76. The molecule has 0 spiro atoms. The Morgan fingerprint density at radius 1 is 1.12 bits per heavy atom. The van der Waals surface area contributed by atoms with Crippen LogP contribution in [0.4, 0.5) is 5.69 Å². The first-order valence-corrected chi connectivity index (χ1v) is 7.67. The van der Waals surface area contributed by atoms with Crippen molar-refractivity contribution in [1.29, 1.82) is 0 Å². The number of carbonyl (C=O) groups is 2. The molecule has 0 aliphatic carbocycles. The summed E-state index contributed by atoms with van der Waals surface area (Å²) in [6.45, 7) is 3.85. The molecule has 0 saturated carbocycles. The summed E-state index contributed by atoms with van der Waals surface area (Å²) < 4.78 is 5.12. The first-order chi connectivity index (χ1) is 11.4. The average Bonchev–Trinajstić information content (AvgIpc) is 2.54. The number of likely N-dealkylation sites (N-methyl/N-ethyl adjacent to an activating group) is 1. The van der Waals surface area contributed by atoms with Gasteiger partial charge in [-0.05, 0) is 37.6 Å². The van der Waals surface area contributed by atoms with Crippen molar-refractivity contribution >= 4 is 17.5 Å². The quantitative estimate of drug-likeness (QED) is 0.919. The molecule has 0 atom stereocenters. The number of methoxy groups -OCH3 is 1. The third-order valence-electron chi connectivity index (χ3n) is 3.69. The van der Waals surface area contributed by atoms with Gasteiger partial charge in [0.1, 0.15) is 5.75 Å². The number of anilines is 1. The molecule has 2 amide bonds. The second kappa shape index (κ2) is 7.64. The van der Waals surface area contributed by atoms with Crippen molar-refractivity contribution in [2.45, 2.75) is 13.8 Å². The van der Waals surface area contributed by atoms with Crippen LogP contribution in [0.5, 0.6) is 5.75 Å². The summed E-state index contributed by atoms with van der Waals surface area (Å²) in [6, 6.07) is 12.7. The smallest absolute Gasteiger partial charge is 0.254 e. The number of rotatable bonds is 5. The van der Waals surface area contributed by atoms with E-state index in [2.05, 4.69) is 5.32 Å². The van der Waals surface area contributed by atoms with Crippen LogP contribution in [0.25, 0.3) is 0 Å². The summed E-state index contributed by atoms with van der Waals surface area (Å²) in [6.07, 6.45) is 0. The number of aryl methyl sites for hydroxylation is 2. The van der Waals surface area contributed by atoms with E-state index < -0.39 is 0 Å². The van der Waals surface area contributed by atoms with Gasteiger partial charge in [-0.3, -0.25) is 9.59 Å². The van der Waals surface area contributed by atoms with Gasteiger partial charge in [0.25, 0.3) is 5.91 Å². The van der Waals surface area contributed by atoms with Crippen LogP contribution in [0, 0.1) is 13.8 Å². The third kappa shape index (κ3) is 4.35. The third-order valence-corrected chi connectivity index (χ3v) is 3.69. The van der Waals surface area contributed by atoms with E-state index in [1.165, 1.54) is 4.90 Å². The first kappa shape index (κ1) is 17.5. The van der Waals surface area contributed by atoms with Gasteiger partial charge in [-0.25, -0.2) is 0 Å². The molecular formula is C19H22N2O3. The predicted octanol–water partition coefficient (Wildman–Crippen LogP) is 3.02. The summed E-state index contributed by atoms with van der Waals surface area (Å²) >= 11 is 0. The van der Waals surface area contributed by atoms with Gasteiger partial charge in [0.15, 0.2) is 0 Å². The van der Waals surface area contributed by atoms with E-state index in [0.29, 0.717) is 17.0 Å². The standard InChI is InChI=1S/C19H22N2O3/c1-13-8-9-17(14(2)10-13)19(23)21(3)12-18(22)20-15-6-5-7-16(11-15)24-4/h5-11H,12H2,1-4H3,(H,20,22). The van der Waals surface area contributed by atoms with Crippen molar-refractivity contribution in [3.05, 3.63) is 59.2 Å². The maximum Gasteiger partial charge on any atom is 0.254 e. The van der Waals surface area contributed by atoms with Gasteiger partial charge in [-0.15, -0.1) is 0 Å². The van der Waals surface area contributed by atoms with Crippen LogP contribution in [-0.4, -0.2) is 37.4 Å². The molecule has 126 valence electrons. The lowest BCUT2D eigenvalue weighted by molar-refractivity contribution is -0.116. The molecule has 0 fully saturated rings. The molecule has 0 unspecified atom stereocenters. The highest BCUT2D eigenvalue weighted by Gasteiger charge is 2.17. The molecule has 1 N–H and O–H groups in total. The lowest BCUT2D eigenvalue weighted by Crippen LogP contribution is -2.35. The molecule has 0 radical (unpaired) electrons. The molecule has 0 aromatic heterocycles. The number of hydrogen-bond donors (Lipinski definition) is 1. The largest absolute Gasteiger partial charge is 0.497 e. The van der Waals surface area contributed by atoms with E-state index in [9.17, 15) is 9.59 Å². The molecule has 5 heteroatoms. The molecule has 2 rings (SSSR count). The minimum absolute atomic E-state index is 0.0244. The summed E-state index contributed by atoms with van der Waals surface area (Å²) in [5, 5.41) is 2.76. The van der Waals surface area contributed by atoms with Gasteiger partial charge in [0.05, 0.1) is 13.7 Å². The predicted molar refractivity (Wildman–Crippen MR) is 94.5 cm³/mol. The summed E-state index contributed by atoms with van der Waals surface area (Å²) in [5.74, 6) is 0.227. The fourth-order valence-corrected chi connectivity index (χ4v) is 2.45. The van der Waals surface area contributed by atoms with Crippen molar-refractivity contribution in [1.82, 2.24) is 4.90 Å². The van der Waals surface area contributed by atoms with E-state index >= 15 is 0 Å². The van der Waals surface area contributed by atoms with Crippen molar-refractivity contribution < 1.29 is 14.3 Å². The van der Waals surface area contributed by atoms with Crippen LogP contribution in [0.1, 0.15) is 21.5 Å². The first-order valence-electron chi connectivity index (χ1n) is 7.67. The Morgan fingerprint density at radius 3 is 2.54 bits per heavy atom.